The molecule has 0 saturated carbocycles. The number of carbonyl (C=O) groups is 3. The summed E-state index contributed by atoms with van der Waals surface area (Å²) < 4.78 is 18.7. The molecule has 0 radical (unpaired) electrons. The molecule has 3 rings (SSSR count). The molecule has 0 unspecified atom stereocenters. The number of aliphatic carboxylic acids is 1. The molecule has 0 aromatic heterocycles. The summed E-state index contributed by atoms with van der Waals surface area (Å²) in [6.45, 7) is 0.0472. The number of carboxylic acids is 1. The first-order chi connectivity index (χ1) is 15.6. The van der Waals surface area contributed by atoms with Gasteiger partial charge in [-0.15, -0.1) is 0 Å². The Bertz CT molecular complexity index is 1020. The third-order valence-corrected chi connectivity index (χ3v) is 5.75. The van der Waals surface area contributed by atoms with Crippen molar-refractivity contribution in [3.8, 4) is 5.75 Å². The van der Waals surface area contributed by atoms with Crippen molar-refractivity contribution in [1.29, 1.82) is 0 Å². The van der Waals surface area contributed by atoms with Gasteiger partial charge < -0.3 is 25.8 Å². The molecule has 176 valence electrons. The van der Waals surface area contributed by atoms with E-state index in [1.807, 2.05) is 0 Å². The lowest BCUT2D eigenvalue weighted by Gasteiger charge is -2.39. The molecule has 8 nitrogen and oxygen atoms in total. The van der Waals surface area contributed by atoms with Gasteiger partial charge in [0.25, 0.3) is 11.8 Å². The van der Waals surface area contributed by atoms with Crippen LogP contribution in [0.3, 0.4) is 0 Å². The summed E-state index contributed by atoms with van der Waals surface area (Å²) in [6.07, 6.45) is 1.76. The molecule has 1 fully saturated rings. The van der Waals surface area contributed by atoms with Crippen LogP contribution in [0.5, 0.6) is 5.75 Å². The fraction of sp³-hybridized carbons (Fsp3) is 0.348. The highest BCUT2D eigenvalue weighted by molar-refractivity contribution is 6.31. The highest BCUT2D eigenvalue weighted by Crippen LogP contribution is 2.26. The predicted octanol–water partition coefficient (Wildman–Crippen LogP) is 2.23. The van der Waals surface area contributed by atoms with Gasteiger partial charge in [-0.05, 0) is 55.2 Å². The first-order valence-corrected chi connectivity index (χ1v) is 10.8. The zero-order valence-corrected chi connectivity index (χ0v) is 18.6. The molecule has 0 aliphatic carbocycles. The highest BCUT2D eigenvalue weighted by Gasteiger charge is 2.32. The summed E-state index contributed by atoms with van der Waals surface area (Å²) in [4.78, 5) is 37.3. The summed E-state index contributed by atoms with van der Waals surface area (Å²) in [6, 6.07) is 10.5. The summed E-state index contributed by atoms with van der Waals surface area (Å²) >= 11 is 5.94. The van der Waals surface area contributed by atoms with Crippen molar-refractivity contribution in [2.45, 2.75) is 24.8 Å². The average Bonchev–Trinajstić information content (AvgIpc) is 2.78. The van der Waals surface area contributed by atoms with E-state index in [9.17, 15) is 18.8 Å². The van der Waals surface area contributed by atoms with Crippen molar-refractivity contribution in [2.75, 3.05) is 26.2 Å². The Kier molecular flexibility index (Phi) is 7.88. The normalized spacial score (nSPS) is 15.1. The molecule has 1 aliphatic rings. The second-order valence-electron chi connectivity index (χ2n) is 8.05. The Hall–Kier alpha value is -3.17. The number of nitrogens with one attached hydrogen (secondary N) is 1. The maximum Gasteiger partial charge on any atom is 0.322 e. The number of amides is 2. The lowest BCUT2D eigenvalue weighted by Crippen LogP contribution is -2.53. The van der Waals surface area contributed by atoms with Crippen molar-refractivity contribution < 1.29 is 28.6 Å². The first-order valence-electron chi connectivity index (χ1n) is 10.4. The predicted molar refractivity (Wildman–Crippen MR) is 120 cm³/mol. The minimum atomic E-state index is -1.19. The number of benzene rings is 2. The van der Waals surface area contributed by atoms with Crippen molar-refractivity contribution in [1.82, 2.24) is 10.2 Å². The zero-order valence-electron chi connectivity index (χ0n) is 17.9. The van der Waals surface area contributed by atoms with Crippen LogP contribution in [0.4, 0.5) is 4.39 Å². The van der Waals surface area contributed by atoms with Crippen LogP contribution in [-0.2, 0) is 16.0 Å². The molecule has 4 N–H and O–H groups in total. The molecule has 2 aromatic carbocycles. The van der Waals surface area contributed by atoms with Gasteiger partial charge in [-0.1, -0.05) is 23.7 Å². The van der Waals surface area contributed by atoms with Crippen molar-refractivity contribution >= 4 is 29.4 Å². The van der Waals surface area contributed by atoms with Crippen LogP contribution >= 0.6 is 11.6 Å². The van der Waals surface area contributed by atoms with Crippen molar-refractivity contribution in [2.24, 2.45) is 5.73 Å². The van der Waals surface area contributed by atoms with E-state index < -0.39 is 24.0 Å². The average molecular weight is 478 g/mol. The van der Waals surface area contributed by atoms with E-state index in [0.29, 0.717) is 32.4 Å². The molecule has 1 saturated heterocycles. The number of halogens is 2. The third-order valence-electron chi connectivity index (χ3n) is 5.52. The van der Waals surface area contributed by atoms with Gasteiger partial charge in [-0.25, -0.2) is 4.39 Å². The van der Waals surface area contributed by atoms with Crippen LogP contribution in [0, 0.1) is 5.82 Å². The second-order valence-corrected chi connectivity index (χ2v) is 8.49. The summed E-state index contributed by atoms with van der Waals surface area (Å²) in [7, 11) is 0. The molecule has 0 bridgehead atoms. The quantitative estimate of drug-likeness (QED) is 0.536. The number of carbonyl (C=O) groups excluding carboxylic acids is 2. The maximum atomic E-state index is 13.1. The van der Waals surface area contributed by atoms with Crippen LogP contribution < -0.4 is 15.8 Å². The van der Waals surface area contributed by atoms with Gasteiger partial charge in [0.1, 0.15) is 18.1 Å². The molecular formula is C23H25ClFN3O5. The number of likely N-dealkylation sites (tertiary alicyclic amines) is 1. The van der Waals surface area contributed by atoms with E-state index >= 15 is 0 Å². The van der Waals surface area contributed by atoms with Gasteiger partial charge in [-0.3, -0.25) is 14.4 Å². The molecule has 2 amide bonds. The van der Waals surface area contributed by atoms with Crippen molar-refractivity contribution in [3.05, 3.63) is 64.4 Å². The van der Waals surface area contributed by atoms with Gasteiger partial charge in [0.2, 0.25) is 0 Å². The van der Waals surface area contributed by atoms with E-state index in [1.165, 1.54) is 30.3 Å². The standard InChI is InChI=1S/C23H25ClFN3O5/c24-16-3-6-19(18(11-16)22(32)27-13-21(30)31)33-14-20(29)28-9-7-23(26,8-10-28)12-15-1-4-17(25)5-2-15/h1-6,11H,7-10,12-14,26H2,(H,27,32)(H,30,31). The molecule has 0 atom stereocenters. The van der Waals surface area contributed by atoms with Gasteiger partial charge in [0.05, 0.1) is 5.56 Å². The summed E-state index contributed by atoms with van der Waals surface area (Å²) in [5, 5.41) is 11.2. The Morgan fingerprint density at radius 3 is 2.45 bits per heavy atom. The second kappa shape index (κ2) is 10.6. The summed E-state index contributed by atoms with van der Waals surface area (Å²) in [5.74, 6) is -2.30. The maximum absolute atomic E-state index is 13.1. The van der Waals surface area contributed by atoms with Crippen LogP contribution in [0.2, 0.25) is 5.02 Å². The minimum absolute atomic E-state index is 0.0375. The highest BCUT2D eigenvalue weighted by atomic mass is 35.5. The van der Waals surface area contributed by atoms with E-state index in [4.69, 9.17) is 27.2 Å². The molecule has 1 heterocycles. The lowest BCUT2D eigenvalue weighted by molar-refractivity contribution is -0.136. The van der Waals surface area contributed by atoms with Crippen molar-refractivity contribution in [3.63, 3.8) is 0 Å². The van der Waals surface area contributed by atoms with Gasteiger partial charge in [0.15, 0.2) is 6.61 Å². The van der Waals surface area contributed by atoms with Crippen LogP contribution in [-0.4, -0.2) is 59.6 Å². The Balaban J connectivity index is 1.55. The number of piperidine rings is 1. The molecule has 0 spiro atoms. The Morgan fingerprint density at radius 1 is 1.15 bits per heavy atom. The van der Waals surface area contributed by atoms with Crippen LogP contribution in [0.25, 0.3) is 0 Å². The number of carboxylic acid groups (broad SMARTS) is 1. The molecular weight excluding hydrogens is 453 g/mol. The monoisotopic (exact) mass is 477 g/mol. The van der Waals surface area contributed by atoms with E-state index in [-0.39, 0.29) is 34.7 Å². The van der Waals surface area contributed by atoms with Crippen LogP contribution in [0.1, 0.15) is 28.8 Å². The lowest BCUT2D eigenvalue weighted by atomic mass is 9.83. The number of hydrogen-bond donors (Lipinski definition) is 3. The SMILES string of the molecule is NC1(Cc2ccc(F)cc2)CCN(C(=O)COc2ccc(Cl)cc2C(=O)NCC(=O)O)CC1. The number of rotatable bonds is 8. The smallest absolute Gasteiger partial charge is 0.322 e. The molecule has 10 heteroatoms. The number of nitrogens with two attached hydrogens (primary N) is 1. The number of hydrogen-bond acceptors (Lipinski definition) is 5. The van der Waals surface area contributed by atoms with Crippen LogP contribution in [0.15, 0.2) is 42.5 Å². The Morgan fingerprint density at radius 2 is 1.82 bits per heavy atom. The van der Waals surface area contributed by atoms with E-state index in [1.54, 1.807) is 17.0 Å². The van der Waals surface area contributed by atoms with Gasteiger partial charge >= 0.3 is 5.97 Å². The molecule has 33 heavy (non-hydrogen) atoms. The van der Waals surface area contributed by atoms with Gasteiger partial charge in [-0.2, -0.15) is 0 Å². The minimum Gasteiger partial charge on any atom is -0.483 e. The fourth-order valence-electron chi connectivity index (χ4n) is 3.67. The first kappa shape index (κ1) is 24.5. The summed E-state index contributed by atoms with van der Waals surface area (Å²) in [5.41, 5.74) is 7.01. The molecule has 2 aromatic rings. The number of nitrogens with zero attached hydrogens (tertiary/aromatic N) is 1. The largest absolute Gasteiger partial charge is 0.483 e. The van der Waals surface area contributed by atoms with Gasteiger partial charge in [0, 0.05) is 23.7 Å². The third kappa shape index (κ3) is 6.90. The fourth-order valence-corrected chi connectivity index (χ4v) is 3.85. The Labute approximate surface area is 195 Å². The van der Waals surface area contributed by atoms with E-state index in [2.05, 4.69) is 5.32 Å². The zero-order chi connectivity index (χ0) is 24.0. The topological polar surface area (TPSA) is 122 Å². The number of ether oxygens (including phenoxy) is 1. The van der Waals surface area contributed by atoms with E-state index in [0.717, 1.165) is 5.56 Å². The molecule has 1 aliphatic heterocycles.